The fourth-order valence-electron chi connectivity index (χ4n) is 4.17. The SMILES string of the molecule is CCNC(c1cc(C)sc1C)C1C2CCCCC21. The minimum atomic E-state index is 0.632. The van der Waals surface area contributed by atoms with Crippen molar-refractivity contribution in [2.75, 3.05) is 6.54 Å². The molecule has 18 heavy (non-hydrogen) atoms. The maximum Gasteiger partial charge on any atom is 0.0365 e. The van der Waals surface area contributed by atoms with Crippen LogP contribution < -0.4 is 5.32 Å². The van der Waals surface area contributed by atoms with Gasteiger partial charge in [-0.2, -0.15) is 0 Å². The Bertz CT molecular complexity index is 411. The van der Waals surface area contributed by atoms with Gasteiger partial charge in [0.15, 0.2) is 0 Å². The van der Waals surface area contributed by atoms with E-state index in [0.29, 0.717) is 6.04 Å². The fourth-order valence-corrected chi connectivity index (χ4v) is 5.15. The third-order valence-electron chi connectivity index (χ3n) is 4.95. The molecule has 0 bridgehead atoms. The van der Waals surface area contributed by atoms with Gasteiger partial charge in [-0.3, -0.25) is 0 Å². The van der Waals surface area contributed by atoms with Crippen molar-refractivity contribution in [1.29, 1.82) is 0 Å². The minimum Gasteiger partial charge on any atom is -0.310 e. The molecule has 3 rings (SSSR count). The fraction of sp³-hybridized carbons (Fsp3) is 0.750. The van der Waals surface area contributed by atoms with Crippen LogP contribution in [0.5, 0.6) is 0 Å². The van der Waals surface area contributed by atoms with Crippen LogP contribution in [0.2, 0.25) is 0 Å². The summed E-state index contributed by atoms with van der Waals surface area (Å²) in [7, 11) is 0. The number of hydrogen-bond acceptors (Lipinski definition) is 2. The van der Waals surface area contributed by atoms with E-state index in [2.05, 4.69) is 32.2 Å². The largest absolute Gasteiger partial charge is 0.310 e. The predicted octanol–water partition coefficient (Wildman–Crippen LogP) is 4.45. The van der Waals surface area contributed by atoms with Gasteiger partial charge < -0.3 is 5.32 Å². The third kappa shape index (κ3) is 2.14. The third-order valence-corrected chi connectivity index (χ3v) is 5.93. The molecule has 0 spiro atoms. The summed E-state index contributed by atoms with van der Waals surface area (Å²) in [6.45, 7) is 7.87. The zero-order valence-corrected chi connectivity index (χ0v) is 12.6. The maximum atomic E-state index is 3.78. The topological polar surface area (TPSA) is 12.0 Å². The molecule has 100 valence electrons. The van der Waals surface area contributed by atoms with Gasteiger partial charge in [-0.15, -0.1) is 11.3 Å². The van der Waals surface area contributed by atoms with Gasteiger partial charge in [0, 0.05) is 15.8 Å². The first-order valence-corrected chi connectivity index (χ1v) is 8.34. The average Bonchev–Trinajstić information content (AvgIpc) is 2.98. The first-order chi connectivity index (χ1) is 8.72. The molecule has 1 nitrogen and oxygen atoms in total. The Balaban J connectivity index is 1.82. The smallest absolute Gasteiger partial charge is 0.0365 e. The second kappa shape index (κ2) is 4.97. The summed E-state index contributed by atoms with van der Waals surface area (Å²) in [6.07, 6.45) is 5.91. The summed E-state index contributed by atoms with van der Waals surface area (Å²) in [5, 5.41) is 3.78. The monoisotopic (exact) mass is 263 g/mol. The van der Waals surface area contributed by atoms with E-state index >= 15 is 0 Å². The number of nitrogens with one attached hydrogen (secondary N) is 1. The van der Waals surface area contributed by atoms with Gasteiger partial charge in [0.1, 0.15) is 0 Å². The Morgan fingerprint density at radius 1 is 1.28 bits per heavy atom. The standard InChI is InChI=1S/C16H25NS/c1-4-17-16(14-9-10(2)18-11(14)3)15-12-7-5-6-8-13(12)15/h9,12-13,15-17H,4-8H2,1-3H3. The highest BCUT2D eigenvalue weighted by Gasteiger charge is 2.54. The molecule has 2 fully saturated rings. The van der Waals surface area contributed by atoms with Gasteiger partial charge in [-0.1, -0.05) is 19.8 Å². The molecule has 0 radical (unpaired) electrons. The zero-order chi connectivity index (χ0) is 12.7. The van der Waals surface area contributed by atoms with Crippen LogP contribution in [-0.4, -0.2) is 6.54 Å². The van der Waals surface area contributed by atoms with Crippen LogP contribution in [0, 0.1) is 31.6 Å². The molecule has 1 aromatic heterocycles. The number of aryl methyl sites for hydroxylation is 2. The van der Waals surface area contributed by atoms with Gasteiger partial charge in [0.2, 0.25) is 0 Å². The highest BCUT2D eigenvalue weighted by atomic mass is 32.1. The molecule has 0 aromatic carbocycles. The lowest BCUT2D eigenvalue weighted by Gasteiger charge is -2.18. The Morgan fingerprint density at radius 2 is 1.94 bits per heavy atom. The van der Waals surface area contributed by atoms with Crippen LogP contribution >= 0.6 is 11.3 Å². The maximum absolute atomic E-state index is 3.78. The van der Waals surface area contributed by atoms with Crippen molar-refractivity contribution in [2.24, 2.45) is 17.8 Å². The molecule has 3 unspecified atom stereocenters. The van der Waals surface area contributed by atoms with Crippen LogP contribution in [0.1, 0.15) is 54.0 Å². The van der Waals surface area contributed by atoms with Crippen molar-refractivity contribution in [3.8, 4) is 0 Å². The van der Waals surface area contributed by atoms with Gasteiger partial charge in [-0.05, 0) is 62.6 Å². The highest BCUT2D eigenvalue weighted by molar-refractivity contribution is 7.12. The number of thiophene rings is 1. The van der Waals surface area contributed by atoms with Crippen molar-refractivity contribution in [2.45, 2.75) is 52.5 Å². The summed E-state index contributed by atoms with van der Waals surface area (Å²) >= 11 is 1.96. The second-order valence-electron chi connectivity index (χ2n) is 6.09. The molecule has 2 heteroatoms. The normalized spacial score (nSPS) is 32.1. The molecular weight excluding hydrogens is 238 g/mol. The van der Waals surface area contributed by atoms with Crippen molar-refractivity contribution in [3.63, 3.8) is 0 Å². The van der Waals surface area contributed by atoms with E-state index in [1.54, 1.807) is 5.56 Å². The lowest BCUT2D eigenvalue weighted by molar-refractivity contribution is 0.456. The molecule has 1 heterocycles. The van der Waals surface area contributed by atoms with Gasteiger partial charge in [0.25, 0.3) is 0 Å². The Morgan fingerprint density at radius 3 is 2.44 bits per heavy atom. The van der Waals surface area contributed by atoms with E-state index in [4.69, 9.17) is 0 Å². The second-order valence-corrected chi connectivity index (χ2v) is 7.55. The summed E-state index contributed by atoms with van der Waals surface area (Å²) < 4.78 is 0. The van der Waals surface area contributed by atoms with Crippen molar-refractivity contribution < 1.29 is 0 Å². The Labute approximate surface area is 115 Å². The first-order valence-electron chi connectivity index (χ1n) is 7.52. The molecule has 0 amide bonds. The van der Waals surface area contributed by atoms with Crippen molar-refractivity contribution in [3.05, 3.63) is 21.4 Å². The molecule has 2 saturated carbocycles. The number of fused-ring (bicyclic) bond motifs is 1. The highest BCUT2D eigenvalue weighted by Crippen LogP contribution is 2.60. The Kier molecular flexibility index (Phi) is 3.50. The van der Waals surface area contributed by atoms with E-state index in [-0.39, 0.29) is 0 Å². The van der Waals surface area contributed by atoms with Gasteiger partial charge in [0.05, 0.1) is 0 Å². The van der Waals surface area contributed by atoms with Crippen molar-refractivity contribution in [1.82, 2.24) is 5.32 Å². The van der Waals surface area contributed by atoms with Crippen LogP contribution in [-0.2, 0) is 0 Å². The van der Waals surface area contributed by atoms with E-state index in [1.165, 1.54) is 35.4 Å². The summed E-state index contributed by atoms with van der Waals surface area (Å²) in [5.41, 5.74) is 1.60. The molecule has 2 aliphatic rings. The summed E-state index contributed by atoms with van der Waals surface area (Å²) in [5.74, 6) is 2.99. The van der Waals surface area contributed by atoms with Crippen LogP contribution in [0.15, 0.2) is 6.07 Å². The molecule has 1 aromatic rings. The summed E-state index contributed by atoms with van der Waals surface area (Å²) in [6, 6.07) is 3.06. The Hall–Kier alpha value is -0.340. The molecule has 3 atom stereocenters. The minimum absolute atomic E-state index is 0.632. The van der Waals surface area contributed by atoms with Gasteiger partial charge >= 0.3 is 0 Å². The lowest BCUT2D eigenvalue weighted by Crippen LogP contribution is -2.24. The number of hydrogen-bond donors (Lipinski definition) is 1. The van der Waals surface area contributed by atoms with Crippen LogP contribution in [0.4, 0.5) is 0 Å². The van der Waals surface area contributed by atoms with Gasteiger partial charge in [-0.25, -0.2) is 0 Å². The van der Waals surface area contributed by atoms with Crippen LogP contribution in [0.25, 0.3) is 0 Å². The van der Waals surface area contributed by atoms with Crippen molar-refractivity contribution >= 4 is 11.3 Å². The van der Waals surface area contributed by atoms with Crippen LogP contribution in [0.3, 0.4) is 0 Å². The van der Waals surface area contributed by atoms with E-state index in [9.17, 15) is 0 Å². The summed E-state index contributed by atoms with van der Waals surface area (Å²) in [4.78, 5) is 3.00. The molecule has 0 aliphatic heterocycles. The van der Waals surface area contributed by atoms with E-state index < -0.39 is 0 Å². The number of rotatable bonds is 4. The quantitative estimate of drug-likeness (QED) is 0.846. The van der Waals surface area contributed by atoms with E-state index in [1.807, 2.05) is 11.3 Å². The molecule has 0 saturated heterocycles. The van der Waals surface area contributed by atoms with E-state index in [0.717, 1.165) is 24.3 Å². The zero-order valence-electron chi connectivity index (χ0n) is 11.8. The molecule has 2 aliphatic carbocycles. The predicted molar refractivity (Wildman–Crippen MR) is 79.1 cm³/mol. The molecular formula is C16H25NS. The first kappa shape index (κ1) is 12.7. The lowest BCUT2D eigenvalue weighted by atomic mass is 10.00. The average molecular weight is 263 g/mol. The molecule has 1 N–H and O–H groups in total.